The topological polar surface area (TPSA) is 114 Å². The summed E-state index contributed by atoms with van der Waals surface area (Å²) < 4.78 is 12.2. The number of amides is 1. The Morgan fingerprint density at radius 2 is 1.91 bits per heavy atom. The van der Waals surface area contributed by atoms with E-state index in [0.29, 0.717) is 28.1 Å². The summed E-state index contributed by atoms with van der Waals surface area (Å²) in [5, 5.41) is 23.3. The molecule has 0 unspecified atom stereocenters. The van der Waals surface area contributed by atoms with E-state index in [9.17, 15) is 20.2 Å². The van der Waals surface area contributed by atoms with Crippen LogP contribution >= 0.6 is 15.9 Å². The van der Waals surface area contributed by atoms with Crippen molar-refractivity contribution in [3.8, 4) is 17.6 Å². The van der Waals surface area contributed by atoms with E-state index in [1.165, 1.54) is 18.2 Å². The van der Waals surface area contributed by atoms with Gasteiger partial charge in [0.15, 0.2) is 11.5 Å². The van der Waals surface area contributed by atoms with Crippen LogP contribution in [0.25, 0.3) is 6.08 Å². The molecule has 1 fully saturated rings. The third-order valence-electron chi connectivity index (χ3n) is 5.26. The molecule has 0 aliphatic heterocycles. The zero-order valence-corrected chi connectivity index (χ0v) is 19.8. The lowest BCUT2D eigenvalue weighted by molar-refractivity contribution is -0.384. The van der Waals surface area contributed by atoms with Gasteiger partial charge in [0.05, 0.1) is 11.5 Å². The Morgan fingerprint density at radius 3 is 2.52 bits per heavy atom. The molecule has 0 atom stereocenters. The van der Waals surface area contributed by atoms with E-state index < -0.39 is 4.92 Å². The molecule has 2 aromatic rings. The van der Waals surface area contributed by atoms with E-state index in [1.54, 1.807) is 24.3 Å². The molecule has 0 spiro atoms. The number of nitro groups is 1. The van der Waals surface area contributed by atoms with Crippen LogP contribution < -0.4 is 14.8 Å². The van der Waals surface area contributed by atoms with E-state index in [4.69, 9.17) is 9.47 Å². The smallest absolute Gasteiger partial charge is 0.269 e. The van der Waals surface area contributed by atoms with Crippen molar-refractivity contribution >= 4 is 33.6 Å². The Hall–Kier alpha value is -3.38. The van der Waals surface area contributed by atoms with Crippen LogP contribution in [0.2, 0.25) is 0 Å². The van der Waals surface area contributed by atoms with E-state index in [-0.39, 0.29) is 29.8 Å². The maximum atomic E-state index is 12.5. The average Bonchev–Trinajstić information content (AvgIpc) is 3.31. The summed E-state index contributed by atoms with van der Waals surface area (Å²) in [6, 6.07) is 11.6. The number of ether oxygens (including phenoxy) is 2. The number of halogens is 1. The van der Waals surface area contributed by atoms with Crippen molar-refractivity contribution in [2.24, 2.45) is 0 Å². The van der Waals surface area contributed by atoms with Crippen molar-refractivity contribution in [2.45, 2.75) is 45.3 Å². The quantitative estimate of drug-likeness (QED) is 0.210. The second-order valence-corrected chi connectivity index (χ2v) is 8.44. The van der Waals surface area contributed by atoms with E-state index in [2.05, 4.69) is 21.2 Å². The molecule has 9 heteroatoms. The highest BCUT2D eigenvalue weighted by atomic mass is 79.9. The SMILES string of the molecule is CCOc1cc(/C=C(/C#N)C(=O)NC2CCCC2)c(Br)cc1OCc1ccc([N+](=O)[O-])cc1. The minimum absolute atomic E-state index is 0.0119. The molecule has 1 aliphatic carbocycles. The van der Waals surface area contributed by atoms with Gasteiger partial charge in [0, 0.05) is 22.6 Å². The number of carbonyl (C=O) groups excluding carboxylic acids is 1. The number of carbonyl (C=O) groups is 1. The number of nitro benzene ring substituents is 1. The molecule has 2 aromatic carbocycles. The number of hydrogen-bond donors (Lipinski definition) is 1. The maximum Gasteiger partial charge on any atom is 0.269 e. The van der Waals surface area contributed by atoms with Gasteiger partial charge in [0.1, 0.15) is 18.2 Å². The van der Waals surface area contributed by atoms with Crippen LogP contribution in [0.4, 0.5) is 5.69 Å². The van der Waals surface area contributed by atoms with Crippen LogP contribution in [-0.2, 0) is 11.4 Å². The average molecular weight is 514 g/mol. The summed E-state index contributed by atoms with van der Waals surface area (Å²) >= 11 is 3.48. The molecule has 0 radical (unpaired) electrons. The molecule has 8 nitrogen and oxygen atoms in total. The summed E-state index contributed by atoms with van der Waals surface area (Å²) in [6.07, 6.45) is 5.56. The molecular weight excluding hydrogens is 490 g/mol. The zero-order valence-electron chi connectivity index (χ0n) is 18.2. The lowest BCUT2D eigenvalue weighted by Crippen LogP contribution is -2.33. The van der Waals surface area contributed by atoms with Crippen molar-refractivity contribution in [3.63, 3.8) is 0 Å². The molecule has 1 saturated carbocycles. The molecule has 172 valence electrons. The largest absolute Gasteiger partial charge is 0.490 e. The van der Waals surface area contributed by atoms with Gasteiger partial charge in [-0.05, 0) is 61.2 Å². The van der Waals surface area contributed by atoms with E-state index in [1.807, 2.05) is 13.0 Å². The molecule has 0 heterocycles. The Morgan fingerprint density at radius 1 is 1.24 bits per heavy atom. The van der Waals surface area contributed by atoms with Gasteiger partial charge in [-0.25, -0.2) is 0 Å². The highest BCUT2D eigenvalue weighted by molar-refractivity contribution is 9.10. The van der Waals surface area contributed by atoms with Gasteiger partial charge >= 0.3 is 0 Å². The minimum atomic E-state index is -0.454. The second-order valence-electron chi connectivity index (χ2n) is 7.59. The molecule has 0 saturated heterocycles. The van der Waals surface area contributed by atoms with Crippen molar-refractivity contribution < 1.29 is 19.2 Å². The number of non-ortho nitro benzene ring substituents is 1. The third-order valence-corrected chi connectivity index (χ3v) is 5.95. The summed E-state index contributed by atoms with van der Waals surface area (Å²) in [5.74, 6) is 0.545. The van der Waals surface area contributed by atoms with Crippen LogP contribution in [0.15, 0.2) is 46.4 Å². The summed E-state index contributed by atoms with van der Waals surface area (Å²) in [7, 11) is 0. The van der Waals surface area contributed by atoms with Gasteiger partial charge in [-0.15, -0.1) is 0 Å². The van der Waals surface area contributed by atoms with Crippen molar-refractivity contribution in [1.82, 2.24) is 5.32 Å². The molecule has 1 amide bonds. The first-order valence-corrected chi connectivity index (χ1v) is 11.5. The number of rotatable bonds is 9. The summed E-state index contributed by atoms with van der Waals surface area (Å²) in [6.45, 7) is 2.42. The van der Waals surface area contributed by atoms with Gasteiger partial charge in [-0.1, -0.05) is 28.8 Å². The first-order valence-electron chi connectivity index (χ1n) is 10.7. The molecule has 1 aliphatic rings. The first-order chi connectivity index (χ1) is 15.9. The van der Waals surface area contributed by atoms with E-state index in [0.717, 1.165) is 31.2 Å². The van der Waals surface area contributed by atoms with Crippen LogP contribution in [0.1, 0.15) is 43.7 Å². The van der Waals surface area contributed by atoms with Crippen LogP contribution in [0.5, 0.6) is 11.5 Å². The number of nitrogens with zero attached hydrogens (tertiary/aromatic N) is 2. The van der Waals surface area contributed by atoms with Gasteiger partial charge in [-0.2, -0.15) is 5.26 Å². The molecule has 33 heavy (non-hydrogen) atoms. The van der Waals surface area contributed by atoms with Crippen LogP contribution in [0.3, 0.4) is 0 Å². The molecule has 1 N–H and O–H groups in total. The van der Waals surface area contributed by atoms with Crippen molar-refractivity contribution in [1.29, 1.82) is 5.26 Å². The first kappa shape index (κ1) is 24.3. The summed E-state index contributed by atoms with van der Waals surface area (Å²) in [5.41, 5.74) is 1.40. The fraction of sp³-hybridized carbons (Fsp3) is 0.333. The van der Waals surface area contributed by atoms with Gasteiger partial charge in [0.25, 0.3) is 11.6 Å². The summed E-state index contributed by atoms with van der Waals surface area (Å²) in [4.78, 5) is 22.9. The predicted molar refractivity (Wildman–Crippen MR) is 127 cm³/mol. The Balaban J connectivity index is 1.79. The number of benzene rings is 2. The standard InChI is InChI=1S/C24H24BrN3O5/c1-2-32-22-12-17(11-18(14-26)24(29)27-19-5-3-4-6-19)21(25)13-23(22)33-15-16-7-9-20(10-8-16)28(30)31/h7-13,19H,2-6,15H2,1H3,(H,27,29)/b18-11-. The van der Waals surface area contributed by atoms with Crippen LogP contribution in [-0.4, -0.2) is 23.5 Å². The number of hydrogen-bond acceptors (Lipinski definition) is 6. The zero-order chi connectivity index (χ0) is 23.8. The normalized spacial score (nSPS) is 13.9. The maximum absolute atomic E-state index is 12.5. The Bertz CT molecular complexity index is 1090. The minimum Gasteiger partial charge on any atom is -0.490 e. The van der Waals surface area contributed by atoms with Gasteiger partial charge in [0.2, 0.25) is 0 Å². The number of nitrogens with one attached hydrogen (secondary N) is 1. The van der Waals surface area contributed by atoms with Gasteiger partial charge in [-0.3, -0.25) is 14.9 Å². The van der Waals surface area contributed by atoms with Crippen molar-refractivity contribution in [2.75, 3.05) is 6.61 Å². The Labute approximate surface area is 200 Å². The van der Waals surface area contributed by atoms with Crippen LogP contribution in [0, 0.1) is 21.4 Å². The Kier molecular flexibility index (Phi) is 8.44. The van der Waals surface area contributed by atoms with Crippen molar-refractivity contribution in [3.05, 3.63) is 67.7 Å². The highest BCUT2D eigenvalue weighted by Gasteiger charge is 2.20. The molecule has 3 rings (SSSR count). The molecule has 0 aromatic heterocycles. The predicted octanol–water partition coefficient (Wildman–Crippen LogP) is 5.30. The molecule has 0 bridgehead atoms. The van der Waals surface area contributed by atoms with E-state index >= 15 is 0 Å². The monoisotopic (exact) mass is 513 g/mol. The highest BCUT2D eigenvalue weighted by Crippen LogP contribution is 2.35. The fourth-order valence-corrected chi connectivity index (χ4v) is 3.99. The lowest BCUT2D eigenvalue weighted by atomic mass is 10.1. The molecular formula is C24H24BrN3O5. The lowest BCUT2D eigenvalue weighted by Gasteiger charge is -2.15. The third kappa shape index (κ3) is 6.56. The number of nitriles is 1. The van der Waals surface area contributed by atoms with Gasteiger partial charge < -0.3 is 14.8 Å². The fourth-order valence-electron chi connectivity index (χ4n) is 3.55. The second kappa shape index (κ2) is 11.5.